The van der Waals surface area contributed by atoms with Gasteiger partial charge in [-0.2, -0.15) is 5.10 Å². The number of benzene rings is 1. The van der Waals surface area contributed by atoms with Gasteiger partial charge in [-0.15, -0.1) is 0 Å². The fourth-order valence-corrected chi connectivity index (χ4v) is 4.06. The molecule has 3 aromatic heterocycles. The van der Waals surface area contributed by atoms with E-state index < -0.39 is 0 Å². The van der Waals surface area contributed by atoms with Crippen molar-refractivity contribution in [3.8, 4) is 11.5 Å². The number of carbonyl (C=O) groups is 1. The third-order valence-electron chi connectivity index (χ3n) is 5.75. The third-order valence-corrected chi connectivity index (χ3v) is 5.75. The van der Waals surface area contributed by atoms with E-state index in [9.17, 15) is 4.79 Å². The molecule has 0 saturated carbocycles. The zero-order chi connectivity index (χ0) is 22.2. The summed E-state index contributed by atoms with van der Waals surface area (Å²) in [4.78, 5) is 23.9. The van der Waals surface area contributed by atoms with Crippen molar-refractivity contribution in [1.82, 2.24) is 19.7 Å². The number of fused-ring (bicyclic) bond motifs is 1. The van der Waals surface area contributed by atoms with Gasteiger partial charge in [-0.3, -0.25) is 14.5 Å². The molecule has 3 N–H and O–H groups in total. The molecule has 4 aromatic rings. The summed E-state index contributed by atoms with van der Waals surface area (Å²) in [6.45, 7) is 3.55. The fraction of sp³-hybridized carbons (Fsp3) is 0.304. The predicted octanol–water partition coefficient (Wildman–Crippen LogP) is 3.11. The number of aromatic nitrogens is 4. The van der Waals surface area contributed by atoms with Gasteiger partial charge in [-0.1, -0.05) is 0 Å². The normalized spacial score (nSPS) is 14.8. The van der Waals surface area contributed by atoms with Crippen LogP contribution in [0, 0.1) is 6.92 Å². The minimum absolute atomic E-state index is 0.215. The van der Waals surface area contributed by atoms with Crippen LogP contribution < -0.4 is 16.0 Å². The molecule has 1 saturated heterocycles. The molecule has 4 heterocycles. The van der Waals surface area contributed by atoms with Crippen molar-refractivity contribution < 1.29 is 9.21 Å². The molecule has 1 amide bonds. The van der Waals surface area contributed by atoms with Crippen LogP contribution in [0.1, 0.15) is 29.0 Å². The Balaban J connectivity index is 1.45. The number of rotatable bonds is 4. The zero-order valence-electron chi connectivity index (χ0n) is 18.1. The zero-order valence-corrected chi connectivity index (χ0v) is 18.1. The number of hydrogen-bond acceptors (Lipinski definition) is 7. The Labute approximate surface area is 185 Å². The topological polar surface area (TPSA) is 115 Å². The second kappa shape index (κ2) is 8.08. The molecule has 32 heavy (non-hydrogen) atoms. The number of amides is 1. The van der Waals surface area contributed by atoms with E-state index in [1.165, 1.54) is 6.26 Å². The number of aryl methyl sites for hydroxylation is 2. The quantitative estimate of drug-likeness (QED) is 0.510. The number of oxazole rings is 1. The summed E-state index contributed by atoms with van der Waals surface area (Å²) in [6.07, 6.45) is 6.81. The van der Waals surface area contributed by atoms with Crippen molar-refractivity contribution in [2.24, 2.45) is 12.8 Å². The molecule has 1 aromatic carbocycles. The van der Waals surface area contributed by atoms with Gasteiger partial charge in [-0.05, 0) is 44.0 Å². The minimum Gasteiger partial charge on any atom is -0.444 e. The summed E-state index contributed by atoms with van der Waals surface area (Å²) in [5.74, 6) is 0.0533. The second-order valence-corrected chi connectivity index (χ2v) is 8.23. The van der Waals surface area contributed by atoms with Crippen LogP contribution in [-0.4, -0.2) is 44.8 Å². The lowest BCUT2D eigenvalue weighted by Crippen LogP contribution is -2.40. The summed E-state index contributed by atoms with van der Waals surface area (Å²) in [5.41, 5.74) is 10.5. The van der Waals surface area contributed by atoms with Gasteiger partial charge in [0.25, 0.3) is 5.91 Å². The van der Waals surface area contributed by atoms with Crippen LogP contribution in [0.4, 0.5) is 11.4 Å². The molecule has 0 aliphatic carbocycles. The van der Waals surface area contributed by atoms with Crippen molar-refractivity contribution in [3.63, 3.8) is 0 Å². The molecule has 0 unspecified atom stereocenters. The molecule has 1 aliphatic heterocycles. The summed E-state index contributed by atoms with van der Waals surface area (Å²) in [7, 11) is 1.88. The first kappa shape index (κ1) is 20.2. The van der Waals surface area contributed by atoms with Gasteiger partial charge in [-0.25, -0.2) is 4.98 Å². The lowest BCUT2D eigenvalue weighted by Gasteiger charge is -2.33. The van der Waals surface area contributed by atoms with Crippen molar-refractivity contribution in [2.75, 3.05) is 23.3 Å². The van der Waals surface area contributed by atoms with E-state index in [4.69, 9.17) is 10.2 Å². The average molecular weight is 432 g/mol. The molecule has 1 fully saturated rings. The smallest absolute Gasteiger partial charge is 0.277 e. The lowest BCUT2D eigenvalue weighted by molar-refractivity contribution is 0.102. The van der Waals surface area contributed by atoms with Crippen LogP contribution >= 0.6 is 0 Å². The van der Waals surface area contributed by atoms with E-state index in [0.29, 0.717) is 5.89 Å². The van der Waals surface area contributed by atoms with Gasteiger partial charge in [0.05, 0.1) is 16.9 Å². The van der Waals surface area contributed by atoms with Crippen LogP contribution in [0.2, 0.25) is 0 Å². The van der Waals surface area contributed by atoms with Gasteiger partial charge < -0.3 is 20.4 Å². The number of nitrogens with two attached hydrogens (primary N) is 1. The molecule has 0 bridgehead atoms. The molecule has 5 rings (SSSR count). The molecule has 1 aliphatic rings. The Kier molecular flexibility index (Phi) is 5.10. The van der Waals surface area contributed by atoms with Crippen LogP contribution in [-0.2, 0) is 7.05 Å². The third kappa shape index (κ3) is 3.94. The summed E-state index contributed by atoms with van der Waals surface area (Å²) in [5, 5.41) is 8.51. The van der Waals surface area contributed by atoms with E-state index in [1.54, 1.807) is 16.9 Å². The lowest BCUT2D eigenvalue weighted by atomic mass is 10.0. The molecule has 9 heteroatoms. The van der Waals surface area contributed by atoms with Crippen LogP contribution in [0.5, 0.6) is 0 Å². The van der Waals surface area contributed by atoms with Gasteiger partial charge in [0.2, 0.25) is 5.89 Å². The van der Waals surface area contributed by atoms with Crippen molar-refractivity contribution in [2.45, 2.75) is 25.8 Å². The Morgan fingerprint density at radius 3 is 2.84 bits per heavy atom. The standard InChI is InChI=1S/C23H25N7O2/c1-14-9-15(3-6-25-14)23-27-20(13-32-23)22(31)26-19-10-16-12-29(2)28-18(16)11-21(19)30-7-4-17(24)5-8-30/h3,6,9-13,17H,4-5,7-8,24H2,1-2H3,(H,26,31). The van der Waals surface area contributed by atoms with E-state index in [0.717, 1.165) is 59.5 Å². The van der Waals surface area contributed by atoms with E-state index >= 15 is 0 Å². The van der Waals surface area contributed by atoms with Crippen molar-refractivity contribution in [1.29, 1.82) is 0 Å². The van der Waals surface area contributed by atoms with E-state index in [2.05, 4.69) is 25.3 Å². The highest BCUT2D eigenvalue weighted by Crippen LogP contribution is 2.33. The SMILES string of the molecule is Cc1cc(-c2nc(C(=O)Nc3cc4cn(C)nc4cc3N3CCC(N)CC3)co2)ccn1. The Bertz CT molecular complexity index is 1280. The van der Waals surface area contributed by atoms with Crippen LogP contribution in [0.15, 0.2) is 47.3 Å². The van der Waals surface area contributed by atoms with Gasteiger partial charge >= 0.3 is 0 Å². The number of nitrogens with zero attached hydrogens (tertiary/aromatic N) is 5. The highest BCUT2D eigenvalue weighted by Gasteiger charge is 2.22. The fourth-order valence-electron chi connectivity index (χ4n) is 4.06. The maximum absolute atomic E-state index is 13.0. The van der Waals surface area contributed by atoms with Crippen molar-refractivity contribution in [3.05, 3.63) is 54.3 Å². The number of nitrogens with one attached hydrogen (secondary N) is 1. The number of pyridine rings is 1. The number of hydrogen-bond donors (Lipinski definition) is 2. The van der Waals surface area contributed by atoms with E-state index in [-0.39, 0.29) is 17.6 Å². The van der Waals surface area contributed by atoms with Crippen LogP contribution in [0.25, 0.3) is 22.4 Å². The first-order valence-electron chi connectivity index (χ1n) is 10.6. The largest absolute Gasteiger partial charge is 0.444 e. The molecule has 0 radical (unpaired) electrons. The summed E-state index contributed by atoms with van der Waals surface area (Å²) < 4.78 is 7.33. The van der Waals surface area contributed by atoms with E-state index in [1.807, 2.05) is 38.4 Å². The Morgan fingerprint density at radius 1 is 1.25 bits per heavy atom. The number of piperidine rings is 1. The monoisotopic (exact) mass is 431 g/mol. The van der Waals surface area contributed by atoms with Gasteiger partial charge in [0.15, 0.2) is 5.69 Å². The minimum atomic E-state index is -0.330. The maximum atomic E-state index is 13.0. The molecule has 0 spiro atoms. The average Bonchev–Trinajstić information content (AvgIpc) is 3.40. The molecular formula is C23H25N7O2. The Hall–Kier alpha value is -3.72. The summed E-state index contributed by atoms with van der Waals surface area (Å²) >= 11 is 0. The highest BCUT2D eigenvalue weighted by atomic mass is 16.3. The Morgan fingerprint density at radius 2 is 2.06 bits per heavy atom. The van der Waals surface area contributed by atoms with Gasteiger partial charge in [0, 0.05) is 55.2 Å². The first-order chi connectivity index (χ1) is 15.5. The van der Waals surface area contributed by atoms with Gasteiger partial charge in [0.1, 0.15) is 6.26 Å². The first-order valence-corrected chi connectivity index (χ1v) is 10.6. The molecule has 0 atom stereocenters. The van der Waals surface area contributed by atoms with Crippen molar-refractivity contribution >= 4 is 28.2 Å². The number of anilines is 2. The highest BCUT2D eigenvalue weighted by molar-refractivity contribution is 6.06. The van der Waals surface area contributed by atoms with Crippen LogP contribution in [0.3, 0.4) is 0 Å². The maximum Gasteiger partial charge on any atom is 0.277 e. The molecule has 9 nitrogen and oxygen atoms in total. The molecular weight excluding hydrogens is 406 g/mol. The molecule has 164 valence electrons. The summed E-state index contributed by atoms with van der Waals surface area (Å²) in [6, 6.07) is 7.86. The number of carbonyl (C=O) groups excluding carboxylic acids is 1. The predicted molar refractivity (Wildman–Crippen MR) is 123 cm³/mol. The second-order valence-electron chi connectivity index (χ2n) is 8.23.